The highest BCUT2D eigenvalue weighted by Gasteiger charge is 2.19. The third-order valence-electron chi connectivity index (χ3n) is 4.37. The third-order valence-corrected chi connectivity index (χ3v) is 5.29. The van der Waals surface area contributed by atoms with Gasteiger partial charge in [0.2, 0.25) is 11.8 Å². The van der Waals surface area contributed by atoms with Crippen LogP contribution in [0.15, 0.2) is 48.5 Å². The molecule has 0 bridgehead atoms. The van der Waals surface area contributed by atoms with Crippen LogP contribution in [0.5, 0.6) is 5.75 Å². The summed E-state index contributed by atoms with van der Waals surface area (Å²) < 4.78 is 5.06. The molecular weight excluding hydrogens is 394 g/mol. The van der Waals surface area contributed by atoms with E-state index >= 15 is 0 Å². The summed E-state index contributed by atoms with van der Waals surface area (Å²) in [7, 11) is 3.21. The number of benzene rings is 2. The number of hydrogen-bond donors (Lipinski definition) is 1. The minimum atomic E-state index is -0.463. The zero-order valence-corrected chi connectivity index (χ0v) is 17.3. The molecule has 2 amide bonds. The molecule has 2 aromatic rings. The number of nitrogens with one attached hydrogen (secondary N) is 1. The maximum absolute atomic E-state index is 12.4. The number of carbonyl (C=O) groups is 2. The van der Waals surface area contributed by atoms with Crippen molar-refractivity contribution >= 4 is 35.0 Å². The monoisotopic (exact) mass is 417 g/mol. The lowest BCUT2D eigenvalue weighted by Crippen LogP contribution is -2.31. The number of hydrogen-bond acceptors (Lipinski definition) is 6. The lowest BCUT2D eigenvalue weighted by atomic mass is 10.1. The second-order valence-electron chi connectivity index (χ2n) is 6.30. The number of carbonyl (C=O) groups excluding carboxylic acids is 2. The van der Waals surface area contributed by atoms with Crippen LogP contribution >= 0.6 is 11.8 Å². The molecule has 1 atom stereocenters. The molecule has 8 nitrogen and oxygen atoms in total. The maximum Gasteiger partial charge on any atom is 0.269 e. The molecule has 9 heteroatoms. The minimum Gasteiger partial charge on any atom is -0.497 e. The van der Waals surface area contributed by atoms with E-state index < -0.39 is 4.92 Å². The van der Waals surface area contributed by atoms with Gasteiger partial charge in [-0.3, -0.25) is 19.7 Å². The molecule has 0 aliphatic heterocycles. The number of non-ortho nitro benzene ring substituents is 1. The Morgan fingerprint density at radius 2 is 1.90 bits per heavy atom. The summed E-state index contributed by atoms with van der Waals surface area (Å²) in [6.07, 6.45) is 0. The van der Waals surface area contributed by atoms with E-state index in [1.165, 1.54) is 28.8 Å². The molecule has 0 aromatic heterocycles. The highest BCUT2D eigenvalue weighted by atomic mass is 32.2. The summed E-state index contributed by atoms with van der Waals surface area (Å²) in [6.45, 7) is 1.80. The predicted molar refractivity (Wildman–Crippen MR) is 113 cm³/mol. The lowest BCUT2D eigenvalue weighted by molar-refractivity contribution is -0.384. The number of nitro benzene ring substituents is 1. The molecule has 0 radical (unpaired) electrons. The molecule has 154 valence electrons. The average molecular weight is 417 g/mol. The number of anilines is 1. The first-order valence-corrected chi connectivity index (χ1v) is 9.99. The van der Waals surface area contributed by atoms with Gasteiger partial charge in [-0.2, -0.15) is 0 Å². The first-order chi connectivity index (χ1) is 13.8. The Kier molecular flexibility index (Phi) is 8.02. The average Bonchev–Trinajstić information content (AvgIpc) is 2.73. The maximum atomic E-state index is 12.4. The van der Waals surface area contributed by atoms with Crippen LogP contribution in [0.3, 0.4) is 0 Å². The van der Waals surface area contributed by atoms with Crippen LogP contribution in [-0.4, -0.2) is 47.3 Å². The van der Waals surface area contributed by atoms with Gasteiger partial charge in [-0.05, 0) is 36.8 Å². The Balaban J connectivity index is 1.82. The number of thioether (sulfide) groups is 1. The highest BCUT2D eigenvalue weighted by Crippen LogP contribution is 2.23. The second-order valence-corrected chi connectivity index (χ2v) is 7.29. The van der Waals surface area contributed by atoms with Crippen molar-refractivity contribution in [3.05, 3.63) is 64.2 Å². The SMILES string of the molecule is COc1ccc(NC(=O)CSCC(=O)N(C)[C@@H](C)c2cccc([N+](=O)[O-])c2)cc1. The Bertz CT molecular complexity index is 873. The molecule has 0 aliphatic carbocycles. The Morgan fingerprint density at radius 1 is 1.21 bits per heavy atom. The lowest BCUT2D eigenvalue weighted by Gasteiger charge is -2.25. The third kappa shape index (κ3) is 6.49. The van der Waals surface area contributed by atoms with Crippen LogP contribution < -0.4 is 10.1 Å². The topological polar surface area (TPSA) is 102 Å². The van der Waals surface area contributed by atoms with E-state index in [0.717, 1.165) is 0 Å². The van der Waals surface area contributed by atoms with E-state index in [9.17, 15) is 19.7 Å². The summed E-state index contributed by atoms with van der Waals surface area (Å²) in [6, 6.07) is 12.9. The van der Waals surface area contributed by atoms with Gasteiger partial charge in [-0.15, -0.1) is 11.8 Å². The fraction of sp³-hybridized carbons (Fsp3) is 0.300. The molecule has 1 N–H and O–H groups in total. The van der Waals surface area contributed by atoms with Crippen molar-refractivity contribution in [2.75, 3.05) is 31.0 Å². The predicted octanol–water partition coefficient (Wildman–Crippen LogP) is 3.49. The summed E-state index contributed by atoms with van der Waals surface area (Å²) in [4.78, 5) is 36.4. The van der Waals surface area contributed by atoms with E-state index in [0.29, 0.717) is 17.0 Å². The summed E-state index contributed by atoms with van der Waals surface area (Å²) >= 11 is 1.21. The van der Waals surface area contributed by atoms with E-state index in [2.05, 4.69) is 5.32 Å². The summed E-state index contributed by atoms with van der Waals surface area (Å²) in [5.74, 6) is 0.597. The van der Waals surface area contributed by atoms with Crippen molar-refractivity contribution in [2.24, 2.45) is 0 Å². The van der Waals surface area contributed by atoms with Crippen LogP contribution in [-0.2, 0) is 9.59 Å². The van der Waals surface area contributed by atoms with E-state index in [1.54, 1.807) is 57.5 Å². The zero-order chi connectivity index (χ0) is 21.4. The Morgan fingerprint density at radius 3 is 2.52 bits per heavy atom. The first kappa shape index (κ1) is 22.2. The van der Waals surface area contributed by atoms with Gasteiger partial charge in [0, 0.05) is 24.9 Å². The fourth-order valence-corrected chi connectivity index (χ4v) is 3.28. The molecule has 29 heavy (non-hydrogen) atoms. The first-order valence-electron chi connectivity index (χ1n) is 8.83. The van der Waals surface area contributed by atoms with Crippen LogP contribution in [0, 0.1) is 10.1 Å². The number of amides is 2. The van der Waals surface area contributed by atoms with Crippen molar-refractivity contribution in [2.45, 2.75) is 13.0 Å². The van der Waals surface area contributed by atoms with E-state index in [1.807, 2.05) is 0 Å². The van der Waals surface area contributed by atoms with Gasteiger partial charge >= 0.3 is 0 Å². The number of rotatable bonds is 9. The van der Waals surface area contributed by atoms with Gasteiger partial charge < -0.3 is 15.0 Å². The van der Waals surface area contributed by atoms with E-state index in [-0.39, 0.29) is 35.0 Å². The molecule has 0 saturated carbocycles. The Hall–Kier alpha value is -3.07. The second kappa shape index (κ2) is 10.5. The number of nitrogens with zero attached hydrogens (tertiary/aromatic N) is 2. The summed E-state index contributed by atoms with van der Waals surface area (Å²) in [5.41, 5.74) is 1.32. The molecule has 0 spiro atoms. The smallest absolute Gasteiger partial charge is 0.269 e. The van der Waals surface area contributed by atoms with Crippen LogP contribution in [0.2, 0.25) is 0 Å². The zero-order valence-electron chi connectivity index (χ0n) is 16.5. The molecule has 2 aromatic carbocycles. The molecule has 0 fully saturated rings. The van der Waals surface area contributed by atoms with Crippen molar-refractivity contribution in [3.63, 3.8) is 0 Å². The van der Waals surface area contributed by atoms with Crippen molar-refractivity contribution in [3.8, 4) is 5.75 Å². The molecule has 0 unspecified atom stereocenters. The van der Waals surface area contributed by atoms with Gasteiger partial charge in [0.05, 0.1) is 29.6 Å². The quantitative estimate of drug-likeness (QED) is 0.495. The van der Waals surface area contributed by atoms with Crippen LogP contribution in [0.4, 0.5) is 11.4 Å². The molecule has 0 heterocycles. The molecular formula is C20H23N3O5S. The summed E-state index contributed by atoms with van der Waals surface area (Å²) in [5, 5.41) is 13.7. The standard InChI is InChI=1S/C20H23N3O5S/c1-14(15-5-4-6-17(11-15)23(26)27)22(2)20(25)13-29-12-19(24)21-16-7-9-18(28-3)10-8-16/h4-11,14H,12-13H2,1-3H3,(H,21,24)/t14-/m0/s1. The molecule has 0 aliphatic rings. The van der Waals surface area contributed by atoms with Gasteiger partial charge in [-0.25, -0.2) is 0 Å². The Labute approximate surface area is 173 Å². The fourth-order valence-electron chi connectivity index (χ4n) is 2.54. The largest absolute Gasteiger partial charge is 0.497 e. The van der Waals surface area contributed by atoms with Crippen molar-refractivity contribution < 1.29 is 19.2 Å². The number of ether oxygens (including phenoxy) is 1. The van der Waals surface area contributed by atoms with Crippen molar-refractivity contribution in [1.82, 2.24) is 4.90 Å². The highest BCUT2D eigenvalue weighted by molar-refractivity contribution is 8.00. The normalized spacial score (nSPS) is 11.4. The number of nitro groups is 1. The van der Waals surface area contributed by atoms with Crippen LogP contribution in [0.25, 0.3) is 0 Å². The van der Waals surface area contributed by atoms with Gasteiger partial charge in [0.25, 0.3) is 5.69 Å². The number of methoxy groups -OCH3 is 1. The minimum absolute atomic E-state index is 0.0141. The van der Waals surface area contributed by atoms with Gasteiger partial charge in [-0.1, -0.05) is 12.1 Å². The van der Waals surface area contributed by atoms with Crippen LogP contribution in [0.1, 0.15) is 18.5 Å². The van der Waals surface area contributed by atoms with E-state index in [4.69, 9.17) is 4.74 Å². The van der Waals surface area contributed by atoms with Gasteiger partial charge in [0.1, 0.15) is 5.75 Å². The molecule has 2 rings (SSSR count). The molecule has 0 saturated heterocycles. The van der Waals surface area contributed by atoms with Crippen molar-refractivity contribution in [1.29, 1.82) is 0 Å². The van der Waals surface area contributed by atoms with Gasteiger partial charge in [0.15, 0.2) is 0 Å².